The van der Waals surface area contributed by atoms with E-state index < -0.39 is 40.9 Å². The van der Waals surface area contributed by atoms with Crippen molar-refractivity contribution in [2.75, 3.05) is 0 Å². The van der Waals surface area contributed by atoms with Crippen LogP contribution in [0.25, 0.3) is 5.76 Å². The highest BCUT2D eigenvalue weighted by Gasteiger charge is 2.46. The van der Waals surface area contributed by atoms with Crippen molar-refractivity contribution in [2.24, 2.45) is 0 Å². The van der Waals surface area contributed by atoms with Crippen LogP contribution in [0.15, 0.2) is 72.3 Å². The first-order valence-corrected chi connectivity index (χ1v) is 9.81. The molecule has 0 saturated carbocycles. The first-order chi connectivity index (χ1) is 15.3. The predicted molar refractivity (Wildman–Crippen MR) is 112 cm³/mol. The summed E-state index contributed by atoms with van der Waals surface area (Å²) >= 11 is 0. The van der Waals surface area contributed by atoms with Crippen molar-refractivity contribution in [1.29, 1.82) is 0 Å². The summed E-state index contributed by atoms with van der Waals surface area (Å²) in [6.45, 7) is 1.39. The molecule has 0 spiro atoms. The van der Waals surface area contributed by atoms with Gasteiger partial charge >= 0.3 is 0 Å². The standard InChI is InChI=1S/C25H18F3NO3/c1-14-12-16(8-11-19(14)27)23(30)21-22(18-4-2-3-5-20(18)28)29(25(32)24(21)31)13-15-6-9-17(26)10-7-15/h2-12,22,30H,13H2,1H3/b23-21+. The second-order valence-corrected chi connectivity index (χ2v) is 7.54. The van der Waals surface area contributed by atoms with Gasteiger partial charge in [-0.15, -0.1) is 0 Å². The smallest absolute Gasteiger partial charge is 0.295 e. The van der Waals surface area contributed by atoms with E-state index in [9.17, 15) is 27.9 Å². The van der Waals surface area contributed by atoms with Gasteiger partial charge in [0.25, 0.3) is 11.7 Å². The molecule has 3 aromatic carbocycles. The quantitative estimate of drug-likeness (QED) is 0.354. The lowest BCUT2D eigenvalue weighted by molar-refractivity contribution is -0.140. The normalized spacial score (nSPS) is 17.8. The van der Waals surface area contributed by atoms with Crippen molar-refractivity contribution in [1.82, 2.24) is 4.90 Å². The highest BCUT2D eigenvalue weighted by atomic mass is 19.1. The number of rotatable bonds is 4. The average molecular weight is 437 g/mol. The number of benzene rings is 3. The summed E-state index contributed by atoms with van der Waals surface area (Å²) in [6, 6.07) is 13.5. The van der Waals surface area contributed by atoms with Crippen LogP contribution in [-0.2, 0) is 16.1 Å². The fourth-order valence-corrected chi connectivity index (χ4v) is 3.80. The Morgan fingerprint density at radius 2 is 1.62 bits per heavy atom. The van der Waals surface area contributed by atoms with Crippen molar-refractivity contribution in [3.8, 4) is 0 Å². The van der Waals surface area contributed by atoms with Gasteiger partial charge in [-0.3, -0.25) is 9.59 Å². The molecule has 4 rings (SSSR count). The maximum absolute atomic E-state index is 14.8. The second kappa shape index (κ2) is 8.34. The number of aliphatic hydroxyl groups excluding tert-OH is 1. The Labute approximate surface area is 182 Å². The van der Waals surface area contributed by atoms with Crippen molar-refractivity contribution in [2.45, 2.75) is 19.5 Å². The zero-order valence-corrected chi connectivity index (χ0v) is 17.0. The van der Waals surface area contributed by atoms with E-state index in [2.05, 4.69) is 0 Å². The molecule has 1 heterocycles. The van der Waals surface area contributed by atoms with Crippen LogP contribution in [-0.4, -0.2) is 21.7 Å². The van der Waals surface area contributed by atoms with Crippen molar-refractivity contribution in [3.63, 3.8) is 0 Å². The van der Waals surface area contributed by atoms with Gasteiger partial charge in [0.15, 0.2) is 0 Å². The summed E-state index contributed by atoms with van der Waals surface area (Å²) in [5.74, 6) is -4.06. The third-order valence-corrected chi connectivity index (χ3v) is 5.44. The molecule has 1 aliphatic rings. The molecule has 1 unspecified atom stereocenters. The minimum Gasteiger partial charge on any atom is -0.507 e. The molecule has 3 aromatic rings. The van der Waals surface area contributed by atoms with Crippen LogP contribution in [0.4, 0.5) is 13.2 Å². The molecule has 1 atom stereocenters. The second-order valence-electron chi connectivity index (χ2n) is 7.54. The number of Topliss-reactive ketones (excluding diaryl/α,β-unsaturated/α-hetero) is 1. The van der Waals surface area contributed by atoms with Gasteiger partial charge in [-0.1, -0.05) is 30.3 Å². The number of carbonyl (C=O) groups excluding carboxylic acids is 2. The van der Waals surface area contributed by atoms with Crippen LogP contribution in [0.5, 0.6) is 0 Å². The molecule has 162 valence electrons. The lowest BCUT2D eigenvalue weighted by Gasteiger charge is -2.25. The van der Waals surface area contributed by atoms with E-state index in [-0.39, 0.29) is 28.8 Å². The molecule has 0 aromatic heterocycles. The molecule has 1 amide bonds. The number of halogens is 3. The van der Waals surface area contributed by atoms with E-state index in [1.54, 1.807) is 6.07 Å². The number of carbonyl (C=O) groups is 2. The van der Waals surface area contributed by atoms with E-state index in [0.717, 1.165) is 11.0 Å². The average Bonchev–Trinajstić information content (AvgIpc) is 3.02. The molecule has 1 aliphatic heterocycles. The van der Waals surface area contributed by atoms with Crippen molar-refractivity contribution >= 4 is 17.4 Å². The number of likely N-dealkylation sites (tertiary alicyclic amines) is 1. The lowest BCUT2D eigenvalue weighted by atomic mass is 9.94. The van der Waals surface area contributed by atoms with Gasteiger partial charge in [-0.25, -0.2) is 13.2 Å². The summed E-state index contributed by atoms with van der Waals surface area (Å²) in [5, 5.41) is 11.0. The monoisotopic (exact) mass is 437 g/mol. The Hall–Kier alpha value is -3.87. The molecule has 0 bridgehead atoms. The fraction of sp³-hybridized carbons (Fsp3) is 0.120. The van der Waals surface area contributed by atoms with E-state index in [1.807, 2.05) is 0 Å². The summed E-state index contributed by atoms with van der Waals surface area (Å²) < 4.78 is 41.8. The maximum Gasteiger partial charge on any atom is 0.295 e. The molecule has 0 aliphatic carbocycles. The molecular formula is C25H18F3NO3. The predicted octanol–water partition coefficient (Wildman–Crippen LogP) is 5.03. The van der Waals surface area contributed by atoms with Crippen molar-refractivity contribution < 1.29 is 27.9 Å². The van der Waals surface area contributed by atoms with Crippen LogP contribution < -0.4 is 0 Å². The van der Waals surface area contributed by atoms with Gasteiger partial charge in [0.2, 0.25) is 0 Å². The Bertz CT molecular complexity index is 1250. The van der Waals surface area contributed by atoms with E-state index in [4.69, 9.17) is 0 Å². The molecular weight excluding hydrogens is 419 g/mol. The fourth-order valence-electron chi connectivity index (χ4n) is 3.80. The highest BCUT2D eigenvalue weighted by molar-refractivity contribution is 6.46. The van der Waals surface area contributed by atoms with Gasteiger partial charge in [0, 0.05) is 17.7 Å². The molecule has 7 heteroatoms. The van der Waals surface area contributed by atoms with Gasteiger partial charge in [0.05, 0.1) is 11.6 Å². The van der Waals surface area contributed by atoms with Crippen LogP contribution in [0.1, 0.15) is 28.3 Å². The largest absolute Gasteiger partial charge is 0.507 e. The minimum atomic E-state index is -1.22. The number of aliphatic hydroxyl groups is 1. The number of amides is 1. The summed E-state index contributed by atoms with van der Waals surface area (Å²) in [6.07, 6.45) is 0. The van der Waals surface area contributed by atoms with E-state index >= 15 is 0 Å². The SMILES string of the molecule is Cc1cc(/C(O)=C2\C(=O)C(=O)N(Cc3ccc(F)cc3)C2c2ccccc2F)ccc1F. The minimum absolute atomic E-state index is 0.0224. The lowest BCUT2D eigenvalue weighted by Crippen LogP contribution is -2.29. The van der Waals surface area contributed by atoms with Gasteiger partial charge < -0.3 is 10.0 Å². The third kappa shape index (κ3) is 3.77. The topological polar surface area (TPSA) is 57.6 Å². The Kier molecular flexibility index (Phi) is 5.57. The van der Waals surface area contributed by atoms with Crippen LogP contribution in [0, 0.1) is 24.4 Å². The molecule has 0 radical (unpaired) electrons. The Morgan fingerprint density at radius 1 is 0.938 bits per heavy atom. The Morgan fingerprint density at radius 3 is 2.28 bits per heavy atom. The van der Waals surface area contributed by atoms with Crippen molar-refractivity contribution in [3.05, 3.63) is 112 Å². The van der Waals surface area contributed by atoms with E-state index in [1.165, 1.54) is 61.5 Å². The molecule has 32 heavy (non-hydrogen) atoms. The first-order valence-electron chi connectivity index (χ1n) is 9.81. The number of hydrogen-bond acceptors (Lipinski definition) is 3. The summed E-state index contributed by atoms with van der Waals surface area (Å²) in [5.41, 5.74) is 0.608. The third-order valence-electron chi connectivity index (χ3n) is 5.44. The van der Waals surface area contributed by atoms with Gasteiger partial charge in [0.1, 0.15) is 23.2 Å². The number of aryl methyl sites for hydroxylation is 1. The maximum atomic E-state index is 14.8. The molecule has 4 nitrogen and oxygen atoms in total. The Balaban J connectivity index is 1.88. The first kappa shape index (κ1) is 21.4. The number of hydrogen-bond donors (Lipinski definition) is 1. The van der Waals surface area contributed by atoms with Gasteiger partial charge in [-0.05, 0) is 54.4 Å². The van der Waals surface area contributed by atoms with Crippen LogP contribution >= 0.6 is 0 Å². The van der Waals surface area contributed by atoms with Crippen LogP contribution in [0.2, 0.25) is 0 Å². The van der Waals surface area contributed by atoms with Gasteiger partial charge in [-0.2, -0.15) is 0 Å². The summed E-state index contributed by atoms with van der Waals surface area (Å²) in [7, 11) is 0. The molecule has 1 N–H and O–H groups in total. The number of nitrogens with zero attached hydrogens (tertiary/aromatic N) is 1. The summed E-state index contributed by atoms with van der Waals surface area (Å²) in [4.78, 5) is 27.0. The highest BCUT2D eigenvalue weighted by Crippen LogP contribution is 2.41. The number of ketones is 1. The zero-order valence-electron chi connectivity index (χ0n) is 17.0. The van der Waals surface area contributed by atoms with Crippen LogP contribution in [0.3, 0.4) is 0 Å². The zero-order chi connectivity index (χ0) is 23.0. The van der Waals surface area contributed by atoms with E-state index in [0.29, 0.717) is 5.56 Å². The molecule has 1 saturated heterocycles. The molecule has 1 fully saturated rings.